The Bertz CT molecular complexity index is 434. The van der Waals surface area contributed by atoms with E-state index in [9.17, 15) is 18.0 Å². The zero-order chi connectivity index (χ0) is 13.2. The second kappa shape index (κ2) is 4.91. The third kappa shape index (κ3) is 3.59. The molecule has 1 atom stereocenters. The first-order valence-corrected chi connectivity index (χ1v) is 4.99. The highest BCUT2D eigenvalue weighted by molar-refractivity contribution is 6.31. The highest BCUT2D eigenvalue weighted by Gasteiger charge is 2.32. The Hall–Kier alpha value is -1.30. The number of halogens is 4. The highest BCUT2D eigenvalue weighted by Crippen LogP contribution is 2.32. The summed E-state index contributed by atoms with van der Waals surface area (Å²) in [6.07, 6.45) is -4.64. The molecule has 7 heteroatoms. The van der Waals surface area contributed by atoms with Crippen LogP contribution in [0.3, 0.4) is 0 Å². The minimum absolute atomic E-state index is 0.0925. The van der Waals surface area contributed by atoms with E-state index in [1.54, 1.807) is 0 Å². The molecule has 3 nitrogen and oxygen atoms in total. The maximum atomic E-state index is 12.3. The molecular weight excluding hydrogens is 259 g/mol. The highest BCUT2D eigenvalue weighted by atomic mass is 35.5. The van der Waals surface area contributed by atoms with E-state index in [0.717, 1.165) is 6.07 Å². The second-order valence-corrected chi connectivity index (χ2v) is 3.75. The van der Waals surface area contributed by atoms with Crippen molar-refractivity contribution in [2.45, 2.75) is 26.1 Å². The molecule has 0 spiro atoms. The average Bonchev–Trinajstić information content (AvgIpc) is 2.14. The lowest BCUT2D eigenvalue weighted by Gasteiger charge is -2.14. The number of aromatic nitrogens is 1. The predicted molar refractivity (Wildman–Crippen MR) is 54.4 cm³/mol. The largest absolute Gasteiger partial charge is 0.456 e. The van der Waals surface area contributed by atoms with Gasteiger partial charge in [0.05, 0.1) is 16.3 Å². The molecule has 1 aromatic rings. The first-order valence-electron chi connectivity index (χ1n) is 4.61. The van der Waals surface area contributed by atoms with Gasteiger partial charge in [0.15, 0.2) is 0 Å². The smallest absolute Gasteiger partial charge is 0.417 e. The molecule has 0 saturated heterocycles. The van der Waals surface area contributed by atoms with E-state index in [-0.39, 0.29) is 10.7 Å². The molecule has 1 aromatic heterocycles. The van der Waals surface area contributed by atoms with E-state index in [1.165, 1.54) is 13.8 Å². The SMILES string of the molecule is CC(=O)OC(C)c1ncc(C(F)(F)F)cc1Cl. The van der Waals surface area contributed by atoms with Crippen LogP contribution < -0.4 is 0 Å². The van der Waals surface area contributed by atoms with Gasteiger partial charge in [-0.2, -0.15) is 13.2 Å². The second-order valence-electron chi connectivity index (χ2n) is 3.34. The molecule has 1 heterocycles. The van der Waals surface area contributed by atoms with E-state index >= 15 is 0 Å². The van der Waals surface area contributed by atoms with E-state index in [1.807, 2.05) is 0 Å². The van der Waals surface area contributed by atoms with Gasteiger partial charge in [0, 0.05) is 13.1 Å². The Kier molecular flexibility index (Phi) is 3.98. The standard InChI is InChI=1S/C10H9ClF3NO2/c1-5(17-6(2)16)9-8(11)3-7(4-15-9)10(12,13)14/h3-5H,1-2H3. The molecule has 0 aliphatic rings. The van der Waals surface area contributed by atoms with Crippen molar-refractivity contribution in [1.82, 2.24) is 4.98 Å². The third-order valence-corrected chi connectivity index (χ3v) is 2.23. The zero-order valence-corrected chi connectivity index (χ0v) is 9.76. The molecule has 1 unspecified atom stereocenters. The molecule has 0 amide bonds. The molecule has 1 rings (SSSR count). The van der Waals surface area contributed by atoms with Crippen LogP contribution in [0.25, 0.3) is 0 Å². The van der Waals surface area contributed by atoms with Crippen LogP contribution in [0.2, 0.25) is 5.02 Å². The van der Waals surface area contributed by atoms with Crippen molar-refractivity contribution >= 4 is 17.6 Å². The number of carbonyl (C=O) groups excluding carboxylic acids is 1. The lowest BCUT2D eigenvalue weighted by atomic mass is 10.2. The van der Waals surface area contributed by atoms with Gasteiger partial charge in [-0.3, -0.25) is 9.78 Å². The van der Waals surface area contributed by atoms with Crippen molar-refractivity contribution in [2.24, 2.45) is 0 Å². The van der Waals surface area contributed by atoms with E-state index in [4.69, 9.17) is 16.3 Å². The maximum absolute atomic E-state index is 12.3. The van der Waals surface area contributed by atoms with Crippen molar-refractivity contribution in [2.75, 3.05) is 0 Å². The van der Waals surface area contributed by atoms with Crippen LogP contribution >= 0.6 is 11.6 Å². The fourth-order valence-electron chi connectivity index (χ4n) is 1.21. The number of pyridine rings is 1. The number of ether oxygens (including phenoxy) is 1. The maximum Gasteiger partial charge on any atom is 0.417 e. The predicted octanol–water partition coefficient (Wildman–Crippen LogP) is 3.38. The van der Waals surface area contributed by atoms with Crippen molar-refractivity contribution < 1.29 is 22.7 Å². The lowest BCUT2D eigenvalue weighted by Crippen LogP contribution is -2.10. The van der Waals surface area contributed by atoms with Gasteiger partial charge in [-0.05, 0) is 13.0 Å². The molecule has 0 saturated carbocycles. The summed E-state index contributed by atoms with van der Waals surface area (Å²) in [6, 6.07) is 0.754. The van der Waals surface area contributed by atoms with Crippen LogP contribution in [0, 0.1) is 0 Å². The quantitative estimate of drug-likeness (QED) is 0.771. The van der Waals surface area contributed by atoms with Crippen LogP contribution in [0.4, 0.5) is 13.2 Å². The summed E-state index contributed by atoms with van der Waals surface area (Å²) < 4.78 is 41.8. The number of carbonyl (C=O) groups is 1. The monoisotopic (exact) mass is 267 g/mol. The molecule has 0 bridgehead atoms. The Morgan fingerprint density at radius 2 is 2.12 bits per heavy atom. The minimum atomic E-state index is -4.50. The van der Waals surface area contributed by atoms with Gasteiger partial charge in [-0.25, -0.2) is 0 Å². The van der Waals surface area contributed by atoms with E-state index in [2.05, 4.69) is 4.98 Å². The normalized spacial score (nSPS) is 13.3. The Morgan fingerprint density at radius 3 is 2.53 bits per heavy atom. The topological polar surface area (TPSA) is 39.2 Å². The molecule has 0 radical (unpaired) electrons. The fourth-order valence-corrected chi connectivity index (χ4v) is 1.53. The van der Waals surface area contributed by atoms with Gasteiger partial charge < -0.3 is 4.74 Å². The van der Waals surface area contributed by atoms with Gasteiger partial charge in [-0.15, -0.1) is 0 Å². The van der Waals surface area contributed by atoms with Crippen LogP contribution in [-0.2, 0) is 15.7 Å². The summed E-state index contributed by atoms with van der Waals surface area (Å²) in [6.45, 7) is 2.66. The number of rotatable bonds is 2. The van der Waals surface area contributed by atoms with E-state index in [0.29, 0.717) is 6.20 Å². The summed E-state index contributed by atoms with van der Waals surface area (Å²) in [7, 11) is 0. The van der Waals surface area contributed by atoms with Crippen molar-refractivity contribution in [3.8, 4) is 0 Å². The Labute approximate surface area is 101 Å². The van der Waals surface area contributed by atoms with Crippen LogP contribution in [-0.4, -0.2) is 11.0 Å². The van der Waals surface area contributed by atoms with Crippen molar-refractivity contribution in [3.05, 3.63) is 28.5 Å². The summed E-state index contributed by atoms with van der Waals surface area (Å²) in [5.74, 6) is -0.560. The van der Waals surface area contributed by atoms with Gasteiger partial charge in [0.25, 0.3) is 0 Å². The average molecular weight is 268 g/mol. The molecule has 94 valence electrons. The van der Waals surface area contributed by atoms with E-state index < -0.39 is 23.8 Å². The van der Waals surface area contributed by atoms with Crippen molar-refractivity contribution in [1.29, 1.82) is 0 Å². The summed E-state index contributed by atoms with van der Waals surface area (Å²) in [5, 5.41) is -0.187. The van der Waals surface area contributed by atoms with Gasteiger partial charge in [0.2, 0.25) is 0 Å². The Balaban J connectivity index is 3.02. The number of esters is 1. The van der Waals surface area contributed by atoms with Crippen molar-refractivity contribution in [3.63, 3.8) is 0 Å². The fraction of sp³-hybridized carbons (Fsp3) is 0.400. The third-order valence-electron chi connectivity index (χ3n) is 1.92. The number of hydrogen-bond acceptors (Lipinski definition) is 3. The van der Waals surface area contributed by atoms with Crippen LogP contribution in [0.5, 0.6) is 0 Å². The molecule has 0 aliphatic carbocycles. The zero-order valence-electron chi connectivity index (χ0n) is 9.01. The van der Waals surface area contributed by atoms with Gasteiger partial charge >= 0.3 is 12.1 Å². The number of alkyl halides is 3. The summed E-state index contributed by atoms with van der Waals surface area (Å²) >= 11 is 5.66. The van der Waals surface area contributed by atoms with Gasteiger partial charge in [0.1, 0.15) is 6.10 Å². The first kappa shape index (κ1) is 13.8. The molecule has 0 aliphatic heterocycles. The Morgan fingerprint density at radius 1 is 1.53 bits per heavy atom. The number of nitrogens with zero attached hydrogens (tertiary/aromatic N) is 1. The molecular formula is C10H9ClF3NO2. The minimum Gasteiger partial charge on any atom is -0.456 e. The molecule has 0 aromatic carbocycles. The van der Waals surface area contributed by atoms with Crippen LogP contribution in [0.1, 0.15) is 31.2 Å². The lowest BCUT2D eigenvalue weighted by molar-refractivity contribution is -0.146. The van der Waals surface area contributed by atoms with Crippen LogP contribution in [0.15, 0.2) is 12.3 Å². The summed E-state index contributed by atoms with van der Waals surface area (Å²) in [4.78, 5) is 14.3. The summed E-state index contributed by atoms with van der Waals surface area (Å²) in [5.41, 5.74) is -0.851. The molecule has 0 N–H and O–H groups in total. The first-order chi connectivity index (χ1) is 7.71. The molecule has 0 fully saturated rings. The number of hydrogen-bond donors (Lipinski definition) is 0. The van der Waals surface area contributed by atoms with Gasteiger partial charge in [-0.1, -0.05) is 11.6 Å². The molecule has 17 heavy (non-hydrogen) atoms.